The Morgan fingerprint density at radius 3 is 2.83 bits per heavy atom. The van der Waals surface area contributed by atoms with E-state index in [4.69, 9.17) is 4.74 Å². The molecule has 0 aromatic rings. The summed E-state index contributed by atoms with van der Waals surface area (Å²) in [5, 5.41) is 7.17. The summed E-state index contributed by atoms with van der Waals surface area (Å²) in [5.74, 6) is 2.20. The zero-order chi connectivity index (χ0) is 17.1. The zero-order valence-corrected chi connectivity index (χ0v) is 16.1. The van der Waals surface area contributed by atoms with Crippen molar-refractivity contribution in [2.75, 3.05) is 32.6 Å². The third-order valence-electron chi connectivity index (χ3n) is 4.06. The third kappa shape index (κ3) is 8.70. The number of ether oxygens (including phenoxy) is 1. The fourth-order valence-electron chi connectivity index (χ4n) is 2.84. The minimum atomic E-state index is -0.681. The molecule has 0 saturated heterocycles. The Balaban J connectivity index is 2.23. The Bertz CT molecular complexity index is 375. The monoisotopic (exact) mass is 345 g/mol. The van der Waals surface area contributed by atoms with Gasteiger partial charge >= 0.3 is 0 Å². The Morgan fingerprint density at radius 2 is 2.17 bits per heavy atom. The van der Waals surface area contributed by atoms with E-state index in [1.165, 1.54) is 0 Å². The molecule has 23 heavy (non-hydrogen) atoms. The molecule has 0 radical (unpaired) electrons. The molecule has 1 aliphatic rings. The summed E-state index contributed by atoms with van der Waals surface area (Å²) in [4.78, 5) is 4.30. The van der Waals surface area contributed by atoms with Gasteiger partial charge in [-0.05, 0) is 31.6 Å². The van der Waals surface area contributed by atoms with Crippen molar-refractivity contribution in [2.45, 2.75) is 64.2 Å². The number of guanidine groups is 1. The quantitative estimate of drug-likeness (QED) is 0.382. The molecule has 1 rings (SSSR count). The van der Waals surface area contributed by atoms with E-state index in [-0.39, 0.29) is 0 Å². The molecule has 0 aliphatic heterocycles. The van der Waals surface area contributed by atoms with Crippen LogP contribution in [0, 0.1) is 5.92 Å². The first-order valence-electron chi connectivity index (χ1n) is 8.98. The van der Waals surface area contributed by atoms with Crippen LogP contribution in [0.4, 0.5) is 0 Å². The molecule has 1 fully saturated rings. The van der Waals surface area contributed by atoms with Crippen molar-refractivity contribution in [1.82, 2.24) is 10.6 Å². The van der Waals surface area contributed by atoms with E-state index in [2.05, 4.69) is 29.5 Å². The molecule has 0 heterocycles. The van der Waals surface area contributed by atoms with Crippen molar-refractivity contribution in [2.24, 2.45) is 10.9 Å². The summed E-state index contributed by atoms with van der Waals surface area (Å²) in [5.41, 5.74) is 0. The largest absolute Gasteiger partial charge is 0.381 e. The summed E-state index contributed by atoms with van der Waals surface area (Å²) in [7, 11) is 1.12. The lowest BCUT2D eigenvalue weighted by atomic mass is 9.95. The van der Waals surface area contributed by atoms with Crippen LogP contribution in [0.25, 0.3) is 0 Å². The van der Waals surface area contributed by atoms with Gasteiger partial charge in [-0.15, -0.1) is 0 Å². The molecular formula is C17H35N3O2S. The van der Waals surface area contributed by atoms with Gasteiger partial charge in [-0.1, -0.05) is 27.2 Å². The fourth-order valence-corrected chi connectivity index (χ4v) is 4.19. The SMILES string of the molecule is CCS(=O)C1CCCC(NC(=NC)NCCCOCC(C)C)C1. The first kappa shape index (κ1) is 20.4. The maximum absolute atomic E-state index is 12.0. The van der Waals surface area contributed by atoms with Crippen molar-refractivity contribution in [1.29, 1.82) is 0 Å². The van der Waals surface area contributed by atoms with Gasteiger partial charge in [-0.3, -0.25) is 9.20 Å². The van der Waals surface area contributed by atoms with E-state index < -0.39 is 10.8 Å². The molecule has 136 valence electrons. The normalized spacial score (nSPS) is 23.8. The highest BCUT2D eigenvalue weighted by molar-refractivity contribution is 7.85. The van der Waals surface area contributed by atoms with Crippen LogP contribution in [0.1, 0.15) is 52.9 Å². The van der Waals surface area contributed by atoms with Gasteiger partial charge in [0.05, 0.1) is 0 Å². The van der Waals surface area contributed by atoms with Crippen LogP contribution >= 0.6 is 0 Å². The maximum Gasteiger partial charge on any atom is 0.191 e. The number of nitrogens with zero attached hydrogens (tertiary/aromatic N) is 1. The molecule has 0 aromatic heterocycles. The van der Waals surface area contributed by atoms with E-state index in [9.17, 15) is 4.21 Å². The second kappa shape index (κ2) is 11.8. The van der Waals surface area contributed by atoms with Gasteiger partial charge in [-0.25, -0.2) is 0 Å². The molecule has 0 bridgehead atoms. The topological polar surface area (TPSA) is 62.7 Å². The molecule has 0 amide bonds. The number of aliphatic imine (C=N–C) groups is 1. The van der Waals surface area contributed by atoms with E-state index >= 15 is 0 Å². The average molecular weight is 346 g/mol. The van der Waals surface area contributed by atoms with Crippen LogP contribution in [-0.4, -0.2) is 54.0 Å². The van der Waals surface area contributed by atoms with Crippen LogP contribution in [0.3, 0.4) is 0 Å². The summed E-state index contributed by atoms with van der Waals surface area (Å²) in [6.07, 6.45) is 5.33. The van der Waals surface area contributed by atoms with Crippen LogP contribution < -0.4 is 10.6 Å². The lowest BCUT2D eigenvalue weighted by Gasteiger charge is -2.30. The minimum Gasteiger partial charge on any atom is -0.381 e. The first-order chi connectivity index (χ1) is 11.1. The number of hydrogen-bond donors (Lipinski definition) is 2. The summed E-state index contributed by atoms with van der Waals surface area (Å²) in [6, 6.07) is 0.382. The molecule has 0 spiro atoms. The van der Waals surface area contributed by atoms with Crippen molar-refractivity contribution < 1.29 is 8.95 Å². The smallest absolute Gasteiger partial charge is 0.191 e. The van der Waals surface area contributed by atoms with Crippen molar-refractivity contribution in [3.63, 3.8) is 0 Å². The van der Waals surface area contributed by atoms with Crippen LogP contribution in [0.5, 0.6) is 0 Å². The molecule has 3 atom stereocenters. The van der Waals surface area contributed by atoms with E-state index in [1.54, 1.807) is 7.05 Å². The van der Waals surface area contributed by atoms with Crippen LogP contribution in [-0.2, 0) is 15.5 Å². The summed E-state index contributed by atoms with van der Waals surface area (Å²) in [6.45, 7) is 8.79. The number of rotatable bonds is 9. The zero-order valence-electron chi connectivity index (χ0n) is 15.3. The molecule has 1 saturated carbocycles. The van der Waals surface area contributed by atoms with Crippen molar-refractivity contribution in [3.8, 4) is 0 Å². The standard InChI is InChI=1S/C17H35N3O2S/c1-5-23(21)16-9-6-8-15(12-16)20-17(18-4)19-10-7-11-22-13-14(2)3/h14-16H,5-13H2,1-4H3,(H2,18,19,20). The Kier molecular flexibility index (Phi) is 10.5. The molecule has 5 nitrogen and oxygen atoms in total. The highest BCUT2D eigenvalue weighted by Crippen LogP contribution is 2.22. The average Bonchev–Trinajstić information content (AvgIpc) is 2.56. The second-order valence-corrected chi connectivity index (χ2v) is 8.63. The molecule has 3 unspecified atom stereocenters. The van der Waals surface area contributed by atoms with Gasteiger partial charge in [0.1, 0.15) is 0 Å². The van der Waals surface area contributed by atoms with Gasteiger partial charge in [-0.2, -0.15) is 0 Å². The van der Waals surface area contributed by atoms with Crippen LogP contribution in [0.2, 0.25) is 0 Å². The van der Waals surface area contributed by atoms with Gasteiger partial charge in [0.15, 0.2) is 5.96 Å². The van der Waals surface area contributed by atoms with E-state index in [0.29, 0.717) is 17.2 Å². The molecule has 6 heteroatoms. The van der Waals surface area contributed by atoms with Gasteiger partial charge in [0, 0.05) is 54.7 Å². The fraction of sp³-hybridized carbons (Fsp3) is 0.941. The predicted molar refractivity (Wildman–Crippen MR) is 99.5 cm³/mol. The highest BCUT2D eigenvalue weighted by Gasteiger charge is 2.25. The summed E-state index contributed by atoms with van der Waals surface area (Å²) >= 11 is 0. The second-order valence-electron chi connectivity index (χ2n) is 6.62. The van der Waals surface area contributed by atoms with Crippen molar-refractivity contribution >= 4 is 16.8 Å². The Morgan fingerprint density at radius 1 is 1.39 bits per heavy atom. The highest BCUT2D eigenvalue weighted by atomic mass is 32.2. The Labute approximate surface area is 144 Å². The van der Waals surface area contributed by atoms with E-state index in [1.807, 2.05) is 6.92 Å². The van der Waals surface area contributed by atoms with Gasteiger partial charge in [0.25, 0.3) is 0 Å². The summed E-state index contributed by atoms with van der Waals surface area (Å²) < 4.78 is 17.6. The molecule has 2 N–H and O–H groups in total. The van der Waals surface area contributed by atoms with Crippen LogP contribution in [0.15, 0.2) is 4.99 Å². The maximum atomic E-state index is 12.0. The lowest BCUT2D eigenvalue weighted by Crippen LogP contribution is -2.46. The first-order valence-corrected chi connectivity index (χ1v) is 10.4. The molecule has 0 aromatic carbocycles. The molecule has 1 aliphatic carbocycles. The Hall–Kier alpha value is -0.620. The minimum absolute atomic E-state index is 0.341. The number of nitrogens with one attached hydrogen (secondary N) is 2. The predicted octanol–water partition coefficient (Wildman–Crippen LogP) is 2.29. The van der Waals surface area contributed by atoms with Gasteiger partial charge < -0.3 is 15.4 Å². The number of hydrogen-bond acceptors (Lipinski definition) is 3. The molecular weight excluding hydrogens is 310 g/mol. The van der Waals surface area contributed by atoms with E-state index in [0.717, 1.165) is 63.6 Å². The third-order valence-corrected chi connectivity index (χ3v) is 5.80. The van der Waals surface area contributed by atoms with Gasteiger partial charge in [0.2, 0.25) is 0 Å². The lowest BCUT2D eigenvalue weighted by molar-refractivity contribution is 0.108. The van der Waals surface area contributed by atoms with Crippen molar-refractivity contribution in [3.05, 3.63) is 0 Å².